The largest absolute Gasteiger partial charge is 0.309 e. The number of rotatable bonds is 4. The molecule has 29 heavy (non-hydrogen) atoms. The van der Waals surface area contributed by atoms with Crippen LogP contribution in [0, 0.1) is 0 Å². The molecular formula is C25H20N2OS. The van der Waals surface area contributed by atoms with Gasteiger partial charge in [-0.25, -0.2) is 0 Å². The summed E-state index contributed by atoms with van der Waals surface area (Å²) in [6.45, 7) is 4.42. The van der Waals surface area contributed by atoms with Gasteiger partial charge in [-0.2, -0.15) is 0 Å². The molecule has 2 heterocycles. The van der Waals surface area contributed by atoms with Crippen molar-refractivity contribution < 1.29 is 4.79 Å². The summed E-state index contributed by atoms with van der Waals surface area (Å²) in [7, 11) is 0. The van der Waals surface area contributed by atoms with E-state index in [9.17, 15) is 4.79 Å². The van der Waals surface area contributed by atoms with Gasteiger partial charge in [0.05, 0.1) is 27.3 Å². The number of aldehydes is 1. The third kappa shape index (κ3) is 2.79. The van der Waals surface area contributed by atoms with Gasteiger partial charge >= 0.3 is 0 Å². The number of fused-ring (bicyclic) bond motifs is 3. The van der Waals surface area contributed by atoms with E-state index < -0.39 is 0 Å². The average Bonchev–Trinajstić information content (AvgIpc) is 3.28. The molecule has 142 valence electrons. The van der Waals surface area contributed by atoms with Crippen LogP contribution in [0.5, 0.6) is 0 Å². The van der Waals surface area contributed by atoms with Crippen molar-refractivity contribution in [2.45, 2.75) is 19.3 Å². The van der Waals surface area contributed by atoms with Crippen molar-refractivity contribution in [3.8, 4) is 10.6 Å². The van der Waals surface area contributed by atoms with Gasteiger partial charge in [-0.15, -0.1) is 11.3 Å². The van der Waals surface area contributed by atoms with E-state index in [1.165, 1.54) is 22.5 Å². The molecular weight excluding hydrogens is 376 g/mol. The van der Waals surface area contributed by atoms with E-state index in [0.29, 0.717) is 0 Å². The summed E-state index contributed by atoms with van der Waals surface area (Å²) in [4.78, 5) is 20.2. The summed E-state index contributed by atoms with van der Waals surface area (Å²) in [5, 5.41) is 0. The van der Waals surface area contributed by atoms with Gasteiger partial charge in [-0.05, 0) is 47.5 Å². The third-order valence-corrected chi connectivity index (χ3v) is 6.66. The number of anilines is 3. The molecule has 5 rings (SSSR count). The van der Waals surface area contributed by atoms with Crippen molar-refractivity contribution in [1.82, 2.24) is 4.98 Å². The molecule has 0 fully saturated rings. The Morgan fingerprint density at radius 3 is 2.07 bits per heavy atom. The van der Waals surface area contributed by atoms with Crippen LogP contribution in [0.3, 0.4) is 0 Å². The summed E-state index contributed by atoms with van der Waals surface area (Å²) in [6.07, 6.45) is 2.87. The fourth-order valence-electron chi connectivity index (χ4n) is 4.09. The van der Waals surface area contributed by atoms with Crippen LogP contribution in [0.4, 0.5) is 17.1 Å². The first kappa shape index (κ1) is 17.8. The maximum atomic E-state index is 11.3. The molecule has 3 nitrogen and oxygen atoms in total. The second kappa shape index (κ2) is 6.68. The summed E-state index contributed by atoms with van der Waals surface area (Å²) >= 11 is 1.53. The van der Waals surface area contributed by atoms with Crippen molar-refractivity contribution in [1.29, 1.82) is 0 Å². The van der Waals surface area contributed by atoms with E-state index in [1.54, 1.807) is 0 Å². The highest BCUT2D eigenvalue weighted by Gasteiger charge is 2.39. The number of benzene rings is 2. The zero-order valence-electron chi connectivity index (χ0n) is 16.3. The molecule has 4 aromatic rings. The Balaban J connectivity index is 1.68. The molecule has 0 N–H and O–H groups in total. The molecule has 0 atom stereocenters. The maximum absolute atomic E-state index is 11.3. The molecule has 4 heteroatoms. The fraction of sp³-hybridized carbons (Fsp3) is 0.120. The highest BCUT2D eigenvalue weighted by molar-refractivity contribution is 7.17. The fourth-order valence-corrected chi connectivity index (χ4v) is 5.23. The highest BCUT2D eigenvalue weighted by Crippen LogP contribution is 2.52. The molecule has 0 aliphatic heterocycles. The lowest BCUT2D eigenvalue weighted by Gasteiger charge is -2.27. The van der Waals surface area contributed by atoms with Crippen LogP contribution in [0.25, 0.3) is 10.6 Å². The van der Waals surface area contributed by atoms with Crippen LogP contribution in [0.15, 0.2) is 79.0 Å². The predicted octanol–water partition coefficient (Wildman–Crippen LogP) is 6.73. The van der Waals surface area contributed by atoms with Crippen molar-refractivity contribution in [3.05, 3.63) is 95.0 Å². The van der Waals surface area contributed by atoms with Crippen LogP contribution in [-0.4, -0.2) is 11.3 Å². The number of aromatic nitrogens is 1. The topological polar surface area (TPSA) is 33.2 Å². The molecule has 0 spiro atoms. The first-order chi connectivity index (χ1) is 14.1. The Labute approximate surface area is 174 Å². The first-order valence-electron chi connectivity index (χ1n) is 9.60. The van der Waals surface area contributed by atoms with Crippen molar-refractivity contribution >= 4 is 34.7 Å². The number of nitrogens with zero attached hydrogens (tertiary/aromatic N) is 2. The number of hydrogen-bond acceptors (Lipinski definition) is 4. The van der Waals surface area contributed by atoms with Crippen LogP contribution in [0.2, 0.25) is 0 Å². The van der Waals surface area contributed by atoms with E-state index in [4.69, 9.17) is 4.98 Å². The first-order valence-corrected chi connectivity index (χ1v) is 10.4. The maximum Gasteiger partial charge on any atom is 0.160 e. The Morgan fingerprint density at radius 1 is 0.862 bits per heavy atom. The molecule has 1 aliphatic rings. The molecule has 0 radical (unpaired) electrons. The van der Waals surface area contributed by atoms with E-state index in [2.05, 4.69) is 73.3 Å². The number of para-hydroxylation sites is 2. The Kier molecular flexibility index (Phi) is 4.10. The quantitative estimate of drug-likeness (QED) is 0.359. The van der Waals surface area contributed by atoms with Gasteiger partial charge in [0.2, 0.25) is 0 Å². The lowest BCUT2D eigenvalue weighted by molar-refractivity contribution is 0.112. The predicted molar refractivity (Wildman–Crippen MR) is 120 cm³/mol. The van der Waals surface area contributed by atoms with Crippen LogP contribution >= 0.6 is 11.3 Å². The summed E-state index contributed by atoms with van der Waals surface area (Å²) in [5.41, 5.74) is 6.40. The molecule has 0 saturated carbocycles. The molecule has 0 unspecified atom stereocenters. The van der Waals surface area contributed by atoms with Gasteiger partial charge in [-0.3, -0.25) is 9.78 Å². The van der Waals surface area contributed by atoms with Crippen molar-refractivity contribution in [2.24, 2.45) is 0 Å². The standard InChI is InChI=1S/C25H20N2OS/c1-25(2)21-13-19(15-26-23(21)24-22(25)14-20(16-28)29-24)27(17-9-5-3-6-10-17)18-11-7-4-8-12-18/h3-16H,1-2H3. The molecule has 2 aromatic carbocycles. The van der Waals surface area contributed by atoms with E-state index >= 15 is 0 Å². The third-order valence-electron chi connectivity index (χ3n) is 5.59. The number of pyridine rings is 1. The molecule has 0 saturated heterocycles. The Morgan fingerprint density at radius 2 is 1.48 bits per heavy atom. The minimum Gasteiger partial charge on any atom is -0.309 e. The van der Waals surface area contributed by atoms with Gasteiger partial charge in [0.1, 0.15) is 0 Å². The zero-order chi connectivity index (χ0) is 20.0. The summed E-state index contributed by atoms with van der Waals surface area (Å²) in [6, 6.07) is 25.0. The van der Waals surface area contributed by atoms with E-state index in [1.807, 2.05) is 24.4 Å². The second-order valence-corrected chi connectivity index (χ2v) is 8.81. The zero-order valence-corrected chi connectivity index (χ0v) is 17.1. The van der Waals surface area contributed by atoms with Gasteiger partial charge in [0, 0.05) is 16.8 Å². The number of hydrogen-bond donors (Lipinski definition) is 0. The Bertz CT molecular complexity index is 1160. The van der Waals surface area contributed by atoms with Crippen molar-refractivity contribution in [2.75, 3.05) is 4.90 Å². The molecule has 0 bridgehead atoms. The Hall–Kier alpha value is -3.24. The minimum absolute atomic E-state index is 0.190. The van der Waals surface area contributed by atoms with Gasteiger partial charge < -0.3 is 4.90 Å². The lowest BCUT2D eigenvalue weighted by atomic mass is 9.83. The van der Waals surface area contributed by atoms with Gasteiger partial charge in [-0.1, -0.05) is 50.2 Å². The van der Waals surface area contributed by atoms with Crippen molar-refractivity contribution in [3.63, 3.8) is 0 Å². The van der Waals surface area contributed by atoms with E-state index in [0.717, 1.165) is 38.8 Å². The smallest absolute Gasteiger partial charge is 0.160 e. The van der Waals surface area contributed by atoms with Crippen LogP contribution in [-0.2, 0) is 5.41 Å². The number of thiophene rings is 1. The number of carbonyl (C=O) groups excluding carboxylic acids is 1. The van der Waals surface area contributed by atoms with E-state index in [-0.39, 0.29) is 5.41 Å². The van der Waals surface area contributed by atoms with Crippen LogP contribution in [0.1, 0.15) is 34.6 Å². The molecule has 2 aromatic heterocycles. The minimum atomic E-state index is -0.190. The lowest BCUT2D eigenvalue weighted by Crippen LogP contribution is -2.16. The summed E-state index contributed by atoms with van der Waals surface area (Å²) in [5.74, 6) is 0. The summed E-state index contributed by atoms with van der Waals surface area (Å²) < 4.78 is 0. The second-order valence-electron chi connectivity index (χ2n) is 7.73. The highest BCUT2D eigenvalue weighted by atomic mass is 32.1. The normalized spacial score (nSPS) is 13.6. The average molecular weight is 397 g/mol. The molecule has 1 aliphatic carbocycles. The molecule has 0 amide bonds. The monoisotopic (exact) mass is 396 g/mol. The van der Waals surface area contributed by atoms with Gasteiger partial charge in [0.15, 0.2) is 6.29 Å². The number of carbonyl (C=O) groups is 1. The van der Waals surface area contributed by atoms with Gasteiger partial charge in [0.25, 0.3) is 0 Å². The van der Waals surface area contributed by atoms with Crippen LogP contribution < -0.4 is 4.90 Å². The SMILES string of the molecule is CC1(C)c2cc(N(c3ccccc3)c3ccccc3)cnc2-c2sc(C=O)cc21.